The summed E-state index contributed by atoms with van der Waals surface area (Å²) in [6.07, 6.45) is 1.03. The summed E-state index contributed by atoms with van der Waals surface area (Å²) >= 11 is 0. The molecule has 0 fully saturated rings. The Morgan fingerprint density at radius 2 is 1.89 bits per heavy atom. The molecule has 0 amide bonds. The van der Waals surface area contributed by atoms with Crippen molar-refractivity contribution in [1.29, 1.82) is 0 Å². The standard InChI is InChI=1S/C14H24N2O2/c1-17-9-4-7-16(8-10-18-2)12-13-5-3-6-14(15)11-13/h3,5-6,11H,4,7-10,12,15H2,1-2H3. The van der Waals surface area contributed by atoms with Gasteiger partial charge in [-0.1, -0.05) is 12.1 Å². The Labute approximate surface area is 110 Å². The van der Waals surface area contributed by atoms with Crippen LogP contribution in [0.2, 0.25) is 0 Å². The molecule has 0 saturated carbocycles. The summed E-state index contributed by atoms with van der Waals surface area (Å²) in [6.45, 7) is 4.37. The Kier molecular flexibility index (Phi) is 7.41. The summed E-state index contributed by atoms with van der Waals surface area (Å²) < 4.78 is 10.2. The molecule has 0 aromatic heterocycles. The SMILES string of the molecule is COCCCN(CCOC)Cc1cccc(N)c1. The fraction of sp³-hybridized carbons (Fsp3) is 0.571. The summed E-state index contributed by atoms with van der Waals surface area (Å²) in [5.74, 6) is 0. The number of nitrogen functional groups attached to an aromatic ring is 1. The first-order valence-corrected chi connectivity index (χ1v) is 6.31. The first kappa shape index (κ1) is 15.0. The second-order valence-corrected chi connectivity index (χ2v) is 4.36. The second kappa shape index (κ2) is 8.91. The van der Waals surface area contributed by atoms with E-state index in [1.165, 1.54) is 5.56 Å². The van der Waals surface area contributed by atoms with Crippen LogP contribution >= 0.6 is 0 Å². The molecule has 1 aromatic carbocycles. The molecular weight excluding hydrogens is 228 g/mol. The average Bonchev–Trinajstić information content (AvgIpc) is 2.36. The molecular formula is C14H24N2O2. The highest BCUT2D eigenvalue weighted by atomic mass is 16.5. The molecule has 0 saturated heterocycles. The highest BCUT2D eigenvalue weighted by Crippen LogP contribution is 2.09. The van der Waals surface area contributed by atoms with Gasteiger partial charge in [0, 0.05) is 46.1 Å². The molecule has 4 nitrogen and oxygen atoms in total. The number of benzene rings is 1. The van der Waals surface area contributed by atoms with Crippen molar-refractivity contribution in [3.05, 3.63) is 29.8 Å². The van der Waals surface area contributed by atoms with Gasteiger partial charge >= 0.3 is 0 Å². The molecule has 1 rings (SSSR count). The molecule has 18 heavy (non-hydrogen) atoms. The summed E-state index contributed by atoms with van der Waals surface area (Å²) in [6, 6.07) is 8.03. The summed E-state index contributed by atoms with van der Waals surface area (Å²) in [5.41, 5.74) is 7.85. The molecule has 0 aliphatic heterocycles. The predicted molar refractivity (Wildman–Crippen MR) is 74.5 cm³/mol. The Hall–Kier alpha value is -1.10. The number of hydrogen-bond acceptors (Lipinski definition) is 4. The van der Waals surface area contributed by atoms with E-state index in [9.17, 15) is 0 Å². The molecule has 0 bridgehead atoms. The van der Waals surface area contributed by atoms with Gasteiger partial charge < -0.3 is 15.2 Å². The molecule has 1 aromatic rings. The maximum Gasteiger partial charge on any atom is 0.0589 e. The minimum Gasteiger partial charge on any atom is -0.399 e. The first-order chi connectivity index (χ1) is 8.76. The lowest BCUT2D eigenvalue weighted by Crippen LogP contribution is -2.28. The van der Waals surface area contributed by atoms with Gasteiger partial charge in [-0.15, -0.1) is 0 Å². The van der Waals surface area contributed by atoms with Crippen LogP contribution in [0.5, 0.6) is 0 Å². The lowest BCUT2D eigenvalue weighted by molar-refractivity contribution is 0.129. The van der Waals surface area contributed by atoms with E-state index >= 15 is 0 Å². The van der Waals surface area contributed by atoms with Crippen molar-refractivity contribution in [2.45, 2.75) is 13.0 Å². The van der Waals surface area contributed by atoms with Gasteiger partial charge in [-0.05, 0) is 24.1 Å². The van der Waals surface area contributed by atoms with Crippen molar-refractivity contribution < 1.29 is 9.47 Å². The van der Waals surface area contributed by atoms with E-state index in [0.29, 0.717) is 0 Å². The summed E-state index contributed by atoms with van der Waals surface area (Å²) in [7, 11) is 3.46. The smallest absolute Gasteiger partial charge is 0.0589 e. The molecule has 0 spiro atoms. The number of ether oxygens (including phenoxy) is 2. The van der Waals surface area contributed by atoms with Gasteiger partial charge in [0.1, 0.15) is 0 Å². The number of nitrogens with zero attached hydrogens (tertiary/aromatic N) is 1. The van der Waals surface area contributed by atoms with Crippen molar-refractivity contribution in [3.8, 4) is 0 Å². The molecule has 0 unspecified atom stereocenters. The Bertz CT molecular complexity index is 331. The van der Waals surface area contributed by atoms with E-state index in [1.54, 1.807) is 14.2 Å². The van der Waals surface area contributed by atoms with Crippen molar-refractivity contribution in [1.82, 2.24) is 4.90 Å². The first-order valence-electron chi connectivity index (χ1n) is 6.31. The van der Waals surface area contributed by atoms with Gasteiger partial charge in [-0.25, -0.2) is 0 Å². The van der Waals surface area contributed by atoms with Crippen LogP contribution in [0, 0.1) is 0 Å². The summed E-state index contributed by atoms with van der Waals surface area (Å²) in [4.78, 5) is 2.36. The van der Waals surface area contributed by atoms with Gasteiger partial charge in [0.05, 0.1) is 6.61 Å². The maximum atomic E-state index is 5.79. The average molecular weight is 252 g/mol. The third kappa shape index (κ3) is 6.00. The van der Waals surface area contributed by atoms with Crippen LogP contribution in [-0.2, 0) is 16.0 Å². The normalized spacial score (nSPS) is 11.1. The van der Waals surface area contributed by atoms with Crippen molar-refractivity contribution in [2.24, 2.45) is 0 Å². The molecule has 0 aliphatic carbocycles. The predicted octanol–water partition coefficient (Wildman–Crippen LogP) is 1.75. The minimum atomic E-state index is 0.745. The van der Waals surface area contributed by atoms with Crippen molar-refractivity contribution in [2.75, 3.05) is 46.3 Å². The second-order valence-electron chi connectivity index (χ2n) is 4.36. The minimum absolute atomic E-state index is 0.745. The zero-order chi connectivity index (χ0) is 13.2. The highest BCUT2D eigenvalue weighted by molar-refractivity contribution is 5.40. The third-order valence-electron chi connectivity index (χ3n) is 2.79. The van der Waals surface area contributed by atoms with E-state index in [4.69, 9.17) is 15.2 Å². The monoisotopic (exact) mass is 252 g/mol. The van der Waals surface area contributed by atoms with Gasteiger partial charge in [0.25, 0.3) is 0 Å². The number of rotatable bonds is 9. The van der Waals surface area contributed by atoms with Gasteiger partial charge in [0.2, 0.25) is 0 Å². The summed E-state index contributed by atoms with van der Waals surface area (Å²) in [5, 5.41) is 0. The fourth-order valence-electron chi connectivity index (χ4n) is 1.87. The lowest BCUT2D eigenvalue weighted by atomic mass is 10.2. The zero-order valence-electron chi connectivity index (χ0n) is 11.4. The number of nitrogens with two attached hydrogens (primary N) is 1. The lowest BCUT2D eigenvalue weighted by Gasteiger charge is -2.22. The molecule has 102 valence electrons. The zero-order valence-corrected chi connectivity index (χ0v) is 11.4. The molecule has 0 heterocycles. The van der Waals surface area contributed by atoms with E-state index in [-0.39, 0.29) is 0 Å². The molecule has 0 radical (unpaired) electrons. The van der Waals surface area contributed by atoms with Crippen LogP contribution in [0.15, 0.2) is 24.3 Å². The maximum absolute atomic E-state index is 5.79. The number of methoxy groups -OCH3 is 2. The highest BCUT2D eigenvalue weighted by Gasteiger charge is 2.06. The third-order valence-corrected chi connectivity index (χ3v) is 2.79. The Balaban J connectivity index is 2.48. The fourth-order valence-corrected chi connectivity index (χ4v) is 1.87. The van der Waals surface area contributed by atoms with Crippen LogP contribution in [0.25, 0.3) is 0 Å². The van der Waals surface area contributed by atoms with Crippen LogP contribution in [0.4, 0.5) is 5.69 Å². The molecule has 2 N–H and O–H groups in total. The van der Waals surface area contributed by atoms with Crippen LogP contribution in [-0.4, -0.2) is 45.4 Å². The van der Waals surface area contributed by atoms with Crippen molar-refractivity contribution >= 4 is 5.69 Å². The number of anilines is 1. The van der Waals surface area contributed by atoms with E-state index < -0.39 is 0 Å². The molecule has 0 aliphatic rings. The van der Waals surface area contributed by atoms with E-state index in [1.807, 2.05) is 18.2 Å². The quantitative estimate of drug-likeness (QED) is 0.537. The van der Waals surface area contributed by atoms with E-state index in [0.717, 1.165) is 45.0 Å². The van der Waals surface area contributed by atoms with Crippen LogP contribution in [0.1, 0.15) is 12.0 Å². The molecule has 4 heteroatoms. The van der Waals surface area contributed by atoms with Gasteiger partial charge in [-0.3, -0.25) is 4.90 Å². The van der Waals surface area contributed by atoms with Crippen LogP contribution in [0.3, 0.4) is 0 Å². The van der Waals surface area contributed by atoms with E-state index in [2.05, 4.69) is 11.0 Å². The number of hydrogen-bond donors (Lipinski definition) is 1. The largest absolute Gasteiger partial charge is 0.399 e. The molecule has 0 atom stereocenters. The Morgan fingerprint density at radius 1 is 1.11 bits per heavy atom. The van der Waals surface area contributed by atoms with Crippen LogP contribution < -0.4 is 5.73 Å². The topological polar surface area (TPSA) is 47.7 Å². The van der Waals surface area contributed by atoms with Gasteiger partial charge in [-0.2, -0.15) is 0 Å². The van der Waals surface area contributed by atoms with Crippen molar-refractivity contribution in [3.63, 3.8) is 0 Å². The van der Waals surface area contributed by atoms with Gasteiger partial charge in [0.15, 0.2) is 0 Å². The Morgan fingerprint density at radius 3 is 2.56 bits per heavy atom.